The highest BCUT2D eigenvalue weighted by molar-refractivity contribution is 5.84. The molecule has 46 heavy (non-hydrogen) atoms. The van der Waals surface area contributed by atoms with Crippen molar-refractivity contribution in [2.75, 3.05) is 32.8 Å². The van der Waals surface area contributed by atoms with E-state index in [1.807, 2.05) is 20.8 Å². The Morgan fingerprint density at radius 3 is 2.54 bits per heavy atom. The molecule has 3 saturated carbocycles. The minimum absolute atomic E-state index is 0.111. The predicted molar refractivity (Wildman–Crippen MR) is 164 cm³/mol. The van der Waals surface area contributed by atoms with Gasteiger partial charge < -0.3 is 29.2 Å². The van der Waals surface area contributed by atoms with Crippen LogP contribution in [0.2, 0.25) is 0 Å². The maximum absolute atomic E-state index is 14.8. The molecule has 3 aliphatic heterocycles. The van der Waals surface area contributed by atoms with Gasteiger partial charge in [-0.15, -0.1) is 0 Å². The summed E-state index contributed by atoms with van der Waals surface area (Å²) in [6.45, 7) is 12.6. The zero-order chi connectivity index (χ0) is 32.6. The van der Waals surface area contributed by atoms with Crippen molar-refractivity contribution in [2.24, 2.45) is 51.8 Å². The van der Waals surface area contributed by atoms with Crippen LogP contribution in [0.1, 0.15) is 66.7 Å². The molecule has 10 nitrogen and oxygen atoms in total. The Bertz CT molecular complexity index is 1410. The Morgan fingerprint density at radius 2 is 1.83 bits per heavy atom. The quantitative estimate of drug-likeness (QED) is 0.270. The number of nitrogens with zero attached hydrogens (tertiary/aromatic N) is 1. The summed E-state index contributed by atoms with van der Waals surface area (Å²) in [6.07, 6.45) is 6.75. The Morgan fingerprint density at radius 1 is 1.09 bits per heavy atom. The van der Waals surface area contributed by atoms with E-state index < -0.39 is 57.6 Å². The van der Waals surface area contributed by atoms with Gasteiger partial charge in [0.25, 0.3) is 0 Å². The highest BCUT2D eigenvalue weighted by atomic mass is 16.6. The molecule has 0 aromatic heterocycles. The van der Waals surface area contributed by atoms with Crippen LogP contribution in [0.25, 0.3) is 0 Å². The Hall–Kier alpha value is -2.27. The van der Waals surface area contributed by atoms with Crippen molar-refractivity contribution in [3.63, 3.8) is 0 Å². The van der Waals surface area contributed by atoms with Gasteiger partial charge in [0, 0.05) is 67.5 Å². The van der Waals surface area contributed by atoms with E-state index in [-0.39, 0.29) is 47.9 Å². The lowest BCUT2D eigenvalue weighted by atomic mass is 9.54. The maximum atomic E-state index is 14.8. The van der Waals surface area contributed by atoms with E-state index in [9.17, 15) is 24.6 Å². The van der Waals surface area contributed by atoms with Crippen molar-refractivity contribution in [3.05, 3.63) is 23.8 Å². The number of hydrogen-bond acceptors (Lipinski definition) is 10. The molecular formula is C36H49NO9. The van der Waals surface area contributed by atoms with Crippen LogP contribution in [-0.4, -0.2) is 95.4 Å². The fraction of sp³-hybridized carbons (Fsp3) is 0.806. The van der Waals surface area contributed by atoms with Gasteiger partial charge in [-0.3, -0.25) is 19.3 Å². The van der Waals surface area contributed by atoms with Gasteiger partial charge in [-0.25, -0.2) is 0 Å². The number of carbonyl (C=O) groups is 3. The minimum atomic E-state index is -1.19. The summed E-state index contributed by atoms with van der Waals surface area (Å²) in [5.41, 5.74) is -4.16. The number of allylic oxidation sites excluding steroid dienone is 2. The SMILES string of the molecule is CC(=O)O[C@H]1C[C@@](C)(O)[C@@H]2CC=C(C)[C@@H]2[C@H]2OC(=O)[C@]3(C[C@@]45C=C[C@]3(C)[C@@H]4[C@H]3OC(=O)[C@@H](CN4CCOCC4)[C@H]3CC[C@@]5(C)O)[C@H]21. The molecule has 6 fully saturated rings. The van der Waals surface area contributed by atoms with E-state index >= 15 is 0 Å². The van der Waals surface area contributed by atoms with Crippen molar-refractivity contribution < 1.29 is 43.5 Å². The number of esters is 3. The largest absolute Gasteiger partial charge is 0.462 e. The molecule has 0 aromatic carbocycles. The molecule has 3 saturated heterocycles. The zero-order valence-electron chi connectivity index (χ0n) is 27.7. The van der Waals surface area contributed by atoms with Crippen molar-refractivity contribution >= 4 is 17.9 Å². The minimum Gasteiger partial charge on any atom is -0.462 e. The average Bonchev–Trinajstić information content (AvgIpc) is 3.70. The van der Waals surface area contributed by atoms with Crippen molar-refractivity contribution in [2.45, 2.75) is 96.2 Å². The summed E-state index contributed by atoms with van der Waals surface area (Å²) >= 11 is 0. The molecule has 0 unspecified atom stereocenters. The van der Waals surface area contributed by atoms with Gasteiger partial charge in [-0.1, -0.05) is 30.7 Å². The molecule has 8 aliphatic rings. The number of aliphatic hydroxyl groups is 2. The van der Waals surface area contributed by atoms with E-state index in [0.717, 1.165) is 18.7 Å². The molecule has 10 heteroatoms. The summed E-state index contributed by atoms with van der Waals surface area (Å²) in [6, 6.07) is 0. The Kier molecular flexibility index (Phi) is 6.67. The van der Waals surface area contributed by atoms with Gasteiger partial charge in [-0.05, 0) is 46.5 Å². The first-order valence-corrected chi connectivity index (χ1v) is 17.4. The number of morpholine rings is 1. The molecule has 252 valence electrons. The lowest BCUT2D eigenvalue weighted by molar-refractivity contribution is -0.165. The van der Waals surface area contributed by atoms with E-state index in [1.54, 1.807) is 0 Å². The van der Waals surface area contributed by atoms with E-state index in [2.05, 4.69) is 30.1 Å². The van der Waals surface area contributed by atoms with Crippen LogP contribution in [0.4, 0.5) is 0 Å². The third-order valence-corrected chi connectivity index (χ3v) is 14.5. The smallest absolute Gasteiger partial charge is 0.313 e. The highest BCUT2D eigenvalue weighted by Crippen LogP contribution is 2.80. The predicted octanol–water partition coefficient (Wildman–Crippen LogP) is 2.80. The molecule has 5 aliphatic carbocycles. The third-order valence-electron chi connectivity index (χ3n) is 14.5. The first-order chi connectivity index (χ1) is 21.7. The number of ether oxygens (including phenoxy) is 4. The second-order valence-corrected chi connectivity index (χ2v) is 16.6. The summed E-state index contributed by atoms with van der Waals surface area (Å²) in [7, 11) is 0. The fourth-order valence-corrected chi connectivity index (χ4v) is 12.4. The zero-order valence-corrected chi connectivity index (χ0v) is 27.7. The monoisotopic (exact) mass is 639 g/mol. The molecule has 2 bridgehead atoms. The molecule has 1 spiro atoms. The molecule has 0 radical (unpaired) electrons. The van der Waals surface area contributed by atoms with Crippen molar-refractivity contribution in [3.8, 4) is 0 Å². The molecule has 2 N–H and O–H groups in total. The number of fused-ring (bicyclic) bond motifs is 6. The molecule has 0 aromatic rings. The van der Waals surface area contributed by atoms with Gasteiger partial charge in [0.2, 0.25) is 0 Å². The lowest BCUT2D eigenvalue weighted by Crippen LogP contribution is -2.53. The molecular weight excluding hydrogens is 590 g/mol. The number of carbonyl (C=O) groups excluding carboxylic acids is 3. The van der Waals surface area contributed by atoms with E-state index in [1.165, 1.54) is 6.92 Å². The standard InChI is InChI=1S/C36H49NO9/c1-19-6-7-23-25(19)28-26(24(44-20(2)38)16-33(23,4)41)36(31(40)46-28)18-35-11-10-32(36,3)29(35)27-21(8-9-34(35,5)42)22(30(39)45-27)17-37-12-14-43-15-13-37/h6,10-11,21-29,41-42H,7-9,12-18H2,1-5H3/t21-,22+,23-,24+,25+,26+,27+,28-,29+,32-,33-,34-,35+,36+/m1/s1. The third kappa shape index (κ3) is 3.81. The van der Waals surface area contributed by atoms with E-state index in [0.29, 0.717) is 45.4 Å². The van der Waals surface area contributed by atoms with Crippen LogP contribution in [0.3, 0.4) is 0 Å². The second kappa shape index (κ2) is 9.89. The second-order valence-electron chi connectivity index (χ2n) is 16.6. The molecule has 3 heterocycles. The Labute approximate surface area is 270 Å². The summed E-state index contributed by atoms with van der Waals surface area (Å²) < 4.78 is 24.6. The van der Waals surface area contributed by atoms with Crippen LogP contribution in [0.5, 0.6) is 0 Å². The van der Waals surface area contributed by atoms with Gasteiger partial charge in [0.05, 0.1) is 41.7 Å². The summed E-state index contributed by atoms with van der Waals surface area (Å²) in [5.74, 6) is -2.76. The van der Waals surface area contributed by atoms with Crippen molar-refractivity contribution in [1.82, 2.24) is 4.90 Å². The molecule has 0 amide bonds. The van der Waals surface area contributed by atoms with Gasteiger partial charge in [0.1, 0.15) is 18.3 Å². The molecule has 8 rings (SSSR count). The van der Waals surface area contributed by atoms with E-state index in [4.69, 9.17) is 18.9 Å². The van der Waals surface area contributed by atoms with Gasteiger partial charge in [0.15, 0.2) is 0 Å². The highest BCUT2D eigenvalue weighted by Gasteiger charge is 2.85. The fourth-order valence-electron chi connectivity index (χ4n) is 12.4. The first kappa shape index (κ1) is 31.0. The topological polar surface area (TPSA) is 132 Å². The number of hydrogen-bond donors (Lipinski definition) is 2. The van der Waals surface area contributed by atoms with Crippen LogP contribution in [-0.2, 0) is 33.3 Å². The van der Waals surface area contributed by atoms with Crippen LogP contribution < -0.4 is 0 Å². The van der Waals surface area contributed by atoms with Crippen LogP contribution >= 0.6 is 0 Å². The summed E-state index contributed by atoms with van der Waals surface area (Å²) in [4.78, 5) is 43.5. The van der Waals surface area contributed by atoms with Gasteiger partial charge in [-0.2, -0.15) is 0 Å². The maximum Gasteiger partial charge on any atom is 0.313 e. The first-order valence-electron chi connectivity index (χ1n) is 17.4. The average molecular weight is 640 g/mol. The lowest BCUT2D eigenvalue weighted by Gasteiger charge is -2.46. The summed E-state index contributed by atoms with van der Waals surface area (Å²) in [5, 5.41) is 24.4. The normalized spacial score (nSPS) is 53.9. The van der Waals surface area contributed by atoms with Crippen molar-refractivity contribution in [1.29, 1.82) is 0 Å². The van der Waals surface area contributed by atoms with Crippen LogP contribution in [0, 0.1) is 51.8 Å². The number of rotatable bonds is 3. The van der Waals surface area contributed by atoms with Crippen LogP contribution in [0.15, 0.2) is 23.8 Å². The van der Waals surface area contributed by atoms with Gasteiger partial charge >= 0.3 is 17.9 Å². The molecule has 14 atom stereocenters. The Balaban J connectivity index is 1.26.